The summed E-state index contributed by atoms with van der Waals surface area (Å²) in [7, 11) is 0. The van der Waals surface area contributed by atoms with Crippen molar-refractivity contribution in [2.24, 2.45) is 16.7 Å². The van der Waals surface area contributed by atoms with E-state index in [9.17, 15) is 9.90 Å². The first-order valence-electron chi connectivity index (χ1n) is 7.43. The Bertz CT molecular complexity index is 390. The molecule has 19 heavy (non-hydrogen) atoms. The predicted molar refractivity (Wildman–Crippen MR) is 76.8 cm³/mol. The van der Waals surface area contributed by atoms with Crippen LogP contribution in [0.25, 0.3) is 0 Å². The molecule has 1 aliphatic heterocycles. The Kier molecular flexibility index (Phi) is 3.67. The van der Waals surface area contributed by atoms with Crippen molar-refractivity contribution in [2.45, 2.75) is 53.4 Å². The van der Waals surface area contributed by atoms with Crippen LogP contribution in [0.2, 0.25) is 0 Å². The highest BCUT2D eigenvalue weighted by molar-refractivity contribution is 5.73. The molecular formula is C16H27NO2. The van der Waals surface area contributed by atoms with Gasteiger partial charge in [0.2, 0.25) is 0 Å². The molecule has 1 saturated heterocycles. The Balaban J connectivity index is 2.30. The van der Waals surface area contributed by atoms with Crippen molar-refractivity contribution in [3.8, 4) is 0 Å². The molecule has 2 rings (SSSR count). The van der Waals surface area contributed by atoms with Crippen molar-refractivity contribution in [1.82, 2.24) is 4.90 Å². The number of aliphatic carboxylic acids is 1. The van der Waals surface area contributed by atoms with Crippen molar-refractivity contribution in [2.75, 3.05) is 13.1 Å². The zero-order valence-corrected chi connectivity index (χ0v) is 12.7. The maximum Gasteiger partial charge on any atom is 0.307 e. The van der Waals surface area contributed by atoms with Crippen LogP contribution in [0, 0.1) is 16.7 Å². The molecule has 0 bridgehead atoms. The lowest BCUT2D eigenvalue weighted by Gasteiger charge is -2.48. The number of carbonyl (C=O) groups is 1. The van der Waals surface area contributed by atoms with Crippen molar-refractivity contribution in [3.05, 3.63) is 11.8 Å². The molecule has 0 saturated carbocycles. The van der Waals surface area contributed by atoms with Gasteiger partial charge >= 0.3 is 5.97 Å². The highest BCUT2D eigenvalue weighted by Crippen LogP contribution is 2.50. The summed E-state index contributed by atoms with van der Waals surface area (Å²) in [4.78, 5) is 14.1. The quantitative estimate of drug-likeness (QED) is 0.830. The fraction of sp³-hybridized carbons (Fsp3) is 0.812. The van der Waals surface area contributed by atoms with E-state index in [2.05, 4.69) is 38.7 Å². The fourth-order valence-corrected chi connectivity index (χ4v) is 4.18. The summed E-state index contributed by atoms with van der Waals surface area (Å²) in [5.41, 5.74) is 0.907. The molecule has 3 nitrogen and oxygen atoms in total. The summed E-state index contributed by atoms with van der Waals surface area (Å²) in [6.45, 7) is 10.6. The van der Waals surface area contributed by atoms with Crippen LogP contribution in [-0.2, 0) is 4.79 Å². The molecule has 1 fully saturated rings. The Morgan fingerprint density at radius 3 is 2.26 bits per heavy atom. The third-order valence-electron chi connectivity index (χ3n) is 4.71. The topological polar surface area (TPSA) is 40.5 Å². The van der Waals surface area contributed by atoms with E-state index in [1.807, 2.05) is 0 Å². The molecule has 0 radical (unpaired) electrons. The van der Waals surface area contributed by atoms with Crippen molar-refractivity contribution < 1.29 is 9.90 Å². The number of piperidine rings is 1. The highest BCUT2D eigenvalue weighted by atomic mass is 16.4. The molecule has 3 heteroatoms. The van der Waals surface area contributed by atoms with E-state index in [1.54, 1.807) is 0 Å². The lowest BCUT2D eigenvalue weighted by molar-refractivity contribution is -0.151. The largest absolute Gasteiger partial charge is 0.481 e. The predicted octanol–water partition coefficient (Wildman–Crippen LogP) is 3.51. The number of nitrogens with zero attached hydrogens (tertiary/aromatic N) is 1. The number of rotatable bonds is 2. The lowest BCUT2D eigenvalue weighted by atomic mass is 9.59. The molecule has 0 aromatic rings. The summed E-state index contributed by atoms with van der Waals surface area (Å²) < 4.78 is 0. The highest BCUT2D eigenvalue weighted by Gasteiger charge is 2.48. The van der Waals surface area contributed by atoms with Crippen molar-refractivity contribution in [1.29, 1.82) is 0 Å². The monoisotopic (exact) mass is 265 g/mol. The Labute approximate surface area is 116 Å². The number of carboxylic acids is 1. The van der Waals surface area contributed by atoms with Gasteiger partial charge in [-0.05, 0) is 36.5 Å². The van der Waals surface area contributed by atoms with Gasteiger partial charge in [-0.2, -0.15) is 0 Å². The molecule has 108 valence electrons. The molecule has 1 aliphatic carbocycles. The van der Waals surface area contributed by atoms with Crippen LogP contribution in [0.4, 0.5) is 0 Å². The van der Waals surface area contributed by atoms with Gasteiger partial charge in [0.05, 0.1) is 5.92 Å². The summed E-state index contributed by atoms with van der Waals surface area (Å²) in [5.74, 6) is -0.975. The Morgan fingerprint density at radius 2 is 1.79 bits per heavy atom. The average molecular weight is 265 g/mol. The SMILES string of the molecule is CC1(C)C=C(N2CCCCC2)CC(C)(C)C1C(=O)O. The van der Waals surface area contributed by atoms with Gasteiger partial charge in [-0.3, -0.25) is 4.79 Å². The number of carboxylic acid groups (broad SMARTS) is 1. The minimum absolute atomic E-state index is 0.184. The Morgan fingerprint density at radius 1 is 1.21 bits per heavy atom. The van der Waals surface area contributed by atoms with Crippen LogP contribution < -0.4 is 0 Å². The van der Waals surface area contributed by atoms with Gasteiger partial charge in [0.1, 0.15) is 0 Å². The van der Waals surface area contributed by atoms with Gasteiger partial charge in [0.25, 0.3) is 0 Å². The average Bonchev–Trinajstić information content (AvgIpc) is 2.26. The fourth-order valence-electron chi connectivity index (χ4n) is 4.18. The normalized spacial score (nSPS) is 29.8. The molecule has 1 N–H and O–H groups in total. The molecule has 0 amide bonds. The standard InChI is InChI=1S/C16H27NO2/c1-15(2)10-12(17-8-6-5-7-9-17)11-16(3,4)13(15)14(18)19/h10,13H,5-9,11H2,1-4H3,(H,18,19). The number of hydrogen-bond donors (Lipinski definition) is 1. The van der Waals surface area contributed by atoms with Crippen LogP contribution in [0.3, 0.4) is 0 Å². The second kappa shape index (κ2) is 4.84. The van der Waals surface area contributed by atoms with E-state index < -0.39 is 5.97 Å². The summed E-state index contributed by atoms with van der Waals surface area (Å²) in [5, 5.41) is 9.56. The number of likely N-dealkylation sites (tertiary alicyclic amines) is 1. The van der Waals surface area contributed by atoms with E-state index in [0.29, 0.717) is 0 Å². The summed E-state index contributed by atoms with van der Waals surface area (Å²) in [6, 6.07) is 0. The molecule has 1 unspecified atom stereocenters. The summed E-state index contributed by atoms with van der Waals surface area (Å²) >= 11 is 0. The first-order chi connectivity index (χ1) is 8.74. The van der Waals surface area contributed by atoms with Crippen LogP contribution in [0.1, 0.15) is 53.4 Å². The molecular weight excluding hydrogens is 238 g/mol. The smallest absolute Gasteiger partial charge is 0.307 e. The van der Waals surface area contributed by atoms with Crippen LogP contribution in [-0.4, -0.2) is 29.1 Å². The van der Waals surface area contributed by atoms with E-state index in [0.717, 1.165) is 19.5 Å². The van der Waals surface area contributed by atoms with E-state index in [4.69, 9.17) is 0 Å². The van der Waals surface area contributed by atoms with Gasteiger partial charge in [-0.15, -0.1) is 0 Å². The lowest BCUT2D eigenvalue weighted by Crippen LogP contribution is -2.46. The third kappa shape index (κ3) is 2.80. The summed E-state index contributed by atoms with van der Waals surface area (Å²) in [6.07, 6.45) is 6.96. The molecule has 0 spiro atoms. The molecule has 0 aromatic heterocycles. The molecule has 1 heterocycles. The van der Waals surface area contributed by atoms with Crippen molar-refractivity contribution in [3.63, 3.8) is 0 Å². The van der Waals surface area contributed by atoms with E-state index in [1.165, 1.54) is 25.0 Å². The van der Waals surface area contributed by atoms with Gasteiger partial charge in [-0.25, -0.2) is 0 Å². The number of allylic oxidation sites excluding steroid dienone is 2. The van der Waals surface area contributed by atoms with Crippen LogP contribution in [0.15, 0.2) is 11.8 Å². The van der Waals surface area contributed by atoms with Crippen LogP contribution in [0.5, 0.6) is 0 Å². The third-order valence-corrected chi connectivity index (χ3v) is 4.71. The Hall–Kier alpha value is -0.990. The first kappa shape index (κ1) is 14.4. The molecule has 1 atom stereocenters. The first-order valence-corrected chi connectivity index (χ1v) is 7.43. The minimum atomic E-state index is -0.663. The van der Waals surface area contributed by atoms with Gasteiger partial charge < -0.3 is 10.0 Å². The zero-order valence-electron chi connectivity index (χ0n) is 12.7. The van der Waals surface area contributed by atoms with Crippen LogP contribution >= 0.6 is 0 Å². The molecule has 2 aliphatic rings. The second-order valence-corrected chi connectivity index (χ2v) is 7.44. The maximum absolute atomic E-state index is 11.6. The maximum atomic E-state index is 11.6. The number of hydrogen-bond acceptors (Lipinski definition) is 2. The van der Waals surface area contributed by atoms with E-state index in [-0.39, 0.29) is 16.7 Å². The molecule has 0 aromatic carbocycles. The minimum Gasteiger partial charge on any atom is -0.481 e. The van der Waals surface area contributed by atoms with Gasteiger partial charge in [-0.1, -0.05) is 33.8 Å². The second-order valence-electron chi connectivity index (χ2n) is 7.44. The van der Waals surface area contributed by atoms with E-state index >= 15 is 0 Å². The van der Waals surface area contributed by atoms with Gasteiger partial charge in [0, 0.05) is 18.8 Å². The van der Waals surface area contributed by atoms with Gasteiger partial charge in [0.15, 0.2) is 0 Å². The van der Waals surface area contributed by atoms with Crippen molar-refractivity contribution >= 4 is 5.97 Å². The zero-order chi connectivity index (χ0) is 14.3.